The Morgan fingerprint density at radius 3 is 2.29 bits per heavy atom. The van der Waals surface area contributed by atoms with Crippen molar-refractivity contribution in [2.75, 3.05) is 7.11 Å². The molecule has 1 aliphatic heterocycles. The van der Waals surface area contributed by atoms with Gasteiger partial charge in [-0.05, 0) is 95.3 Å². The maximum atomic E-state index is 13.3. The molecule has 0 saturated heterocycles. The van der Waals surface area contributed by atoms with E-state index in [1.807, 2.05) is 6.07 Å². The van der Waals surface area contributed by atoms with Gasteiger partial charge in [-0.15, -0.1) is 0 Å². The van der Waals surface area contributed by atoms with Crippen LogP contribution in [0.25, 0.3) is 0 Å². The van der Waals surface area contributed by atoms with Gasteiger partial charge in [0, 0.05) is 12.0 Å². The minimum Gasteiger partial charge on any atom is -0.493 e. The van der Waals surface area contributed by atoms with Crippen LogP contribution in [0.2, 0.25) is 0 Å². The molecule has 2 bridgehead atoms. The van der Waals surface area contributed by atoms with Crippen LogP contribution in [0, 0.1) is 5.92 Å². The molecule has 4 aliphatic rings. The Labute approximate surface area is 304 Å². The van der Waals surface area contributed by atoms with E-state index in [1.165, 1.54) is 58.8 Å². The number of hydrogen-bond acceptors (Lipinski definition) is 9. The third-order valence-corrected chi connectivity index (χ3v) is 11.6. The molecule has 1 heterocycles. The number of benzene rings is 1. The van der Waals surface area contributed by atoms with Crippen LogP contribution in [0.5, 0.6) is 11.5 Å². The Bertz CT molecular complexity index is 1430. The zero-order valence-electron chi connectivity index (χ0n) is 31.3. The lowest BCUT2D eigenvalue weighted by molar-refractivity contribution is -0.178. The summed E-state index contributed by atoms with van der Waals surface area (Å²) in [5, 5.41) is 12.2. The summed E-state index contributed by atoms with van der Waals surface area (Å²) in [6.45, 7) is 5.12. The molecular formula is C42H60O9. The van der Waals surface area contributed by atoms with Crippen molar-refractivity contribution in [2.45, 2.75) is 172 Å². The second-order valence-corrected chi connectivity index (χ2v) is 15.1. The van der Waals surface area contributed by atoms with Crippen molar-refractivity contribution >= 4 is 17.9 Å². The van der Waals surface area contributed by atoms with E-state index in [-0.39, 0.29) is 12.3 Å². The summed E-state index contributed by atoms with van der Waals surface area (Å²) in [4.78, 5) is 38.4. The number of unbranched alkanes of at least 4 members (excludes halogenated alkanes) is 11. The van der Waals surface area contributed by atoms with Gasteiger partial charge < -0.3 is 28.8 Å². The number of aliphatic hydroxyl groups is 1. The molecule has 1 N–H and O–H groups in total. The number of rotatable bonds is 21. The molecular weight excluding hydrogens is 648 g/mol. The van der Waals surface area contributed by atoms with Gasteiger partial charge in [-0.1, -0.05) is 82.9 Å². The van der Waals surface area contributed by atoms with Gasteiger partial charge in [0.2, 0.25) is 0 Å². The molecule has 1 aromatic carbocycles. The average Bonchev–Trinajstić information content (AvgIpc) is 3.46. The second-order valence-electron chi connectivity index (χ2n) is 15.1. The molecule has 0 amide bonds. The molecule has 0 radical (unpaired) electrons. The molecule has 6 atom stereocenters. The molecule has 51 heavy (non-hydrogen) atoms. The van der Waals surface area contributed by atoms with Crippen molar-refractivity contribution in [1.82, 2.24) is 0 Å². The highest BCUT2D eigenvalue weighted by atomic mass is 16.6. The van der Waals surface area contributed by atoms with Crippen molar-refractivity contribution in [3.8, 4) is 11.5 Å². The zero-order chi connectivity index (χ0) is 36.4. The van der Waals surface area contributed by atoms with Gasteiger partial charge in [0.25, 0.3) is 0 Å². The van der Waals surface area contributed by atoms with E-state index in [1.54, 1.807) is 13.2 Å². The normalized spacial score (nSPS) is 25.3. The molecule has 9 heteroatoms. The Balaban J connectivity index is 1.01. The Morgan fingerprint density at radius 1 is 0.922 bits per heavy atom. The fourth-order valence-corrected chi connectivity index (χ4v) is 8.84. The number of esters is 3. The predicted molar refractivity (Wildman–Crippen MR) is 194 cm³/mol. The highest BCUT2D eigenvalue weighted by Gasteiger charge is 2.71. The monoisotopic (exact) mass is 708 g/mol. The van der Waals surface area contributed by atoms with Crippen LogP contribution in [0.3, 0.4) is 0 Å². The van der Waals surface area contributed by atoms with Crippen LogP contribution >= 0.6 is 0 Å². The number of hydrogen-bond donors (Lipinski definition) is 1. The SMILES string of the molecule is CCCCCCCC/C=C\CCCCCCCC(=O)O[C@@H](C)C(=O)O[C@@H](C)C(=O)OC1=CC[C@@]2(O)[C@@H]3CCC[C@@]24c2c(ccc(OC)c2O[C@@H]14)C3. The van der Waals surface area contributed by atoms with Crippen LogP contribution in [0.1, 0.15) is 147 Å². The van der Waals surface area contributed by atoms with E-state index in [0.29, 0.717) is 36.5 Å². The maximum Gasteiger partial charge on any atom is 0.352 e. The molecule has 9 nitrogen and oxygen atoms in total. The number of carbonyl (C=O) groups is 3. The number of carbonyl (C=O) groups excluding carboxylic acids is 3. The highest BCUT2D eigenvalue weighted by molar-refractivity contribution is 5.83. The van der Waals surface area contributed by atoms with Gasteiger partial charge in [0.1, 0.15) is 5.76 Å². The summed E-state index contributed by atoms with van der Waals surface area (Å²) in [6.07, 6.45) is 22.3. The molecule has 3 aliphatic carbocycles. The molecule has 0 unspecified atom stereocenters. The van der Waals surface area contributed by atoms with Crippen molar-refractivity contribution in [3.63, 3.8) is 0 Å². The van der Waals surface area contributed by atoms with Crippen molar-refractivity contribution in [2.24, 2.45) is 5.92 Å². The van der Waals surface area contributed by atoms with Gasteiger partial charge in [0.15, 0.2) is 29.8 Å². The summed E-state index contributed by atoms with van der Waals surface area (Å²) in [5.74, 6) is -0.491. The van der Waals surface area contributed by atoms with Crippen LogP contribution in [0.4, 0.5) is 0 Å². The fourth-order valence-electron chi connectivity index (χ4n) is 8.84. The summed E-state index contributed by atoms with van der Waals surface area (Å²) in [6, 6.07) is 3.95. The van der Waals surface area contributed by atoms with E-state index in [2.05, 4.69) is 25.1 Å². The van der Waals surface area contributed by atoms with Crippen LogP contribution in [-0.2, 0) is 40.4 Å². The van der Waals surface area contributed by atoms with Crippen molar-refractivity contribution in [3.05, 3.63) is 47.2 Å². The zero-order valence-corrected chi connectivity index (χ0v) is 31.3. The standard InChI is InChI=1S/C42H60O9/c1-5-6-7-8-9-10-11-12-13-14-15-16-17-18-19-22-35(43)48-29(2)39(44)49-30(3)40(45)50-34-25-27-42(46)32-21-20-26-41(42)36-31(28-32)23-24-33(47-4)37(36)51-38(34)41/h12-13,23-25,29-30,32,38,46H,5-11,14-22,26-28H2,1-4H3/b13-12-/t29-,30-,32+,38-,41-,42+/m0/s1. The summed E-state index contributed by atoms with van der Waals surface area (Å²) < 4.78 is 28.7. The number of ether oxygens (including phenoxy) is 5. The molecule has 5 rings (SSSR count). The molecule has 1 spiro atoms. The van der Waals surface area contributed by atoms with Gasteiger partial charge in [-0.25, -0.2) is 9.59 Å². The summed E-state index contributed by atoms with van der Waals surface area (Å²) in [7, 11) is 1.59. The fraction of sp³-hybridized carbons (Fsp3) is 0.690. The van der Waals surface area contributed by atoms with E-state index in [9.17, 15) is 19.5 Å². The van der Waals surface area contributed by atoms with Crippen LogP contribution in [-0.4, -0.2) is 54.0 Å². The molecule has 282 valence electrons. The van der Waals surface area contributed by atoms with E-state index in [4.69, 9.17) is 23.7 Å². The van der Waals surface area contributed by atoms with Crippen molar-refractivity contribution < 1.29 is 43.2 Å². The molecule has 1 saturated carbocycles. The van der Waals surface area contributed by atoms with Crippen LogP contribution in [0.15, 0.2) is 36.1 Å². The lowest BCUT2D eigenvalue weighted by Gasteiger charge is -2.59. The molecule has 1 fully saturated rings. The van der Waals surface area contributed by atoms with Crippen molar-refractivity contribution in [1.29, 1.82) is 0 Å². The predicted octanol–water partition coefficient (Wildman–Crippen LogP) is 8.51. The molecule has 1 aromatic rings. The first kappa shape index (κ1) is 38.9. The smallest absolute Gasteiger partial charge is 0.352 e. The Kier molecular flexibility index (Phi) is 13.7. The average molecular weight is 709 g/mol. The van der Waals surface area contributed by atoms with E-state index in [0.717, 1.165) is 62.5 Å². The lowest BCUT2D eigenvalue weighted by Crippen LogP contribution is -2.67. The Morgan fingerprint density at radius 2 is 1.59 bits per heavy atom. The first-order chi connectivity index (χ1) is 24.7. The van der Waals surface area contributed by atoms with E-state index < -0.39 is 47.2 Å². The third-order valence-electron chi connectivity index (χ3n) is 11.6. The second kappa shape index (κ2) is 17.9. The van der Waals surface area contributed by atoms with E-state index >= 15 is 0 Å². The minimum absolute atomic E-state index is 0.0682. The summed E-state index contributed by atoms with van der Waals surface area (Å²) >= 11 is 0. The topological polar surface area (TPSA) is 118 Å². The highest BCUT2D eigenvalue weighted by Crippen LogP contribution is 2.67. The Hall–Kier alpha value is -3.33. The van der Waals surface area contributed by atoms with Gasteiger partial charge in [0.05, 0.1) is 18.1 Å². The number of allylic oxidation sites excluding steroid dienone is 2. The first-order valence-corrected chi connectivity index (χ1v) is 19.7. The first-order valence-electron chi connectivity index (χ1n) is 19.7. The molecule has 0 aromatic heterocycles. The maximum absolute atomic E-state index is 13.3. The largest absolute Gasteiger partial charge is 0.493 e. The van der Waals surface area contributed by atoms with Crippen LogP contribution < -0.4 is 9.47 Å². The minimum atomic E-state index is -1.25. The summed E-state index contributed by atoms with van der Waals surface area (Å²) in [5.41, 5.74) is 0.310. The number of methoxy groups -OCH3 is 1. The lowest BCUT2D eigenvalue weighted by atomic mass is 9.47. The van der Waals surface area contributed by atoms with Gasteiger partial charge in [-0.3, -0.25) is 4.79 Å². The van der Waals surface area contributed by atoms with Gasteiger partial charge >= 0.3 is 17.9 Å². The quantitative estimate of drug-likeness (QED) is 0.0581. The van der Waals surface area contributed by atoms with Gasteiger partial charge in [-0.2, -0.15) is 0 Å². The third kappa shape index (κ3) is 8.50.